The number of carbonyl (C=O) groups is 1. The van der Waals surface area contributed by atoms with Gasteiger partial charge in [0.1, 0.15) is 5.82 Å². The number of carbonyl (C=O) groups excluding carboxylic acids is 1. The normalized spacial score (nSPS) is 10.4. The Bertz CT molecular complexity index is 524. The van der Waals surface area contributed by atoms with E-state index in [1.165, 1.54) is 12.3 Å². The molecule has 1 heterocycles. The molecule has 5 heteroatoms. The monoisotopic (exact) mass is 282 g/mol. The van der Waals surface area contributed by atoms with E-state index in [0.29, 0.717) is 28.7 Å². The van der Waals surface area contributed by atoms with Crippen molar-refractivity contribution in [2.45, 2.75) is 6.54 Å². The molecule has 0 spiro atoms. The molecule has 0 aliphatic rings. The van der Waals surface area contributed by atoms with Crippen molar-refractivity contribution in [1.29, 1.82) is 0 Å². The summed E-state index contributed by atoms with van der Waals surface area (Å²) in [6.07, 6.45) is 3.81. The molecular formula is C11H8BrFN2O. The van der Waals surface area contributed by atoms with E-state index in [4.69, 9.17) is 0 Å². The van der Waals surface area contributed by atoms with Crippen LogP contribution in [0.15, 0.2) is 35.1 Å². The van der Waals surface area contributed by atoms with Crippen molar-refractivity contribution in [3.63, 3.8) is 0 Å². The second-order valence-corrected chi connectivity index (χ2v) is 4.18. The van der Waals surface area contributed by atoms with Gasteiger partial charge >= 0.3 is 0 Å². The van der Waals surface area contributed by atoms with Crippen LogP contribution in [0.3, 0.4) is 0 Å². The van der Waals surface area contributed by atoms with Crippen molar-refractivity contribution >= 4 is 22.2 Å². The Morgan fingerprint density at radius 1 is 1.50 bits per heavy atom. The van der Waals surface area contributed by atoms with Crippen molar-refractivity contribution in [3.05, 3.63) is 52.3 Å². The number of halogens is 2. The minimum absolute atomic E-state index is 0.294. The predicted molar refractivity (Wildman–Crippen MR) is 60.8 cm³/mol. The highest BCUT2D eigenvalue weighted by Crippen LogP contribution is 2.16. The summed E-state index contributed by atoms with van der Waals surface area (Å²) in [5.41, 5.74) is 0.518. The zero-order valence-electron chi connectivity index (χ0n) is 8.23. The highest BCUT2D eigenvalue weighted by molar-refractivity contribution is 9.10. The Balaban J connectivity index is 2.30. The molecule has 3 nitrogen and oxygen atoms in total. The lowest BCUT2D eigenvalue weighted by atomic mass is 10.2. The molecule has 82 valence electrons. The van der Waals surface area contributed by atoms with E-state index in [9.17, 15) is 9.18 Å². The molecule has 0 saturated heterocycles. The maximum atomic E-state index is 13.5. The third-order valence-electron chi connectivity index (χ3n) is 2.21. The van der Waals surface area contributed by atoms with Crippen molar-refractivity contribution in [2.75, 3.05) is 0 Å². The van der Waals surface area contributed by atoms with Crippen LogP contribution in [0.4, 0.5) is 4.39 Å². The summed E-state index contributed by atoms with van der Waals surface area (Å²) < 4.78 is 15.8. The fraction of sp³-hybridized carbons (Fsp3) is 0.0909. The van der Waals surface area contributed by atoms with Gasteiger partial charge in [-0.2, -0.15) is 0 Å². The Morgan fingerprint density at radius 3 is 3.00 bits per heavy atom. The number of aromatic nitrogens is 2. The molecule has 0 atom stereocenters. The van der Waals surface area contributed by atoms with Gasteiger partial charge in [-0.15, -0.1) is 0 Å². The zero-order chi connectivity index (χ0) is 11.5. The van der Waals surface area contributed by atoms with E-state index in [0.717, 1.165) is 0 Å². The van der Waals surface area contributed by atoms with Gasteiger partial charge in [-0.3, -0.25) is 4.79 Å². The molecule has 1 aromatic heterocycles. The fourth-order valence-corrected chi connectivity index (χ4v) is 1.74. The largest absolute Gasteiger partial charge is 0.324 e. The summed E-state index contributed by atoms with van der Waals surface area (Å²) in [7, 11) is 0. The first-order chi connectivity index (χ1) is 7.70. The van der Waals surface area contributed by atoms with Crippen molar-refractivity contribution in [3.8, 4) is 0 Å². The molecule has 0 N–H and O–H groups in total. The van der Waals surface area contributed by atoms with Crippen LogP contribution in [0, 0.1) is 5.82 Å². The summed E-state index contributed by atoms with van der Waals surface area (Å²) in [6, 6.07) is 4.83. The smallest absolute Gasteiger partial charge is 0.185 e. The van der Waals surface area contributed by atoms with Crippen LogP contribution < -0.4 is 0 Å². The number of benzene rings is 1. The second kappa shape index (κ2) is 4.57. The quantitative estimate of drug-likeness (QED) is 0.812. The summed E-state index contributed by atoms with van der Waals surface area (Å²) in [4.78, 5) is 14.5. The molecular weight excluding hydrogens is 275 g/mol. The first kappa shape index (κ1) is 11.0. The Hall–Kier alpha value is -1.49. The average Bonchev–Trinajstić information content (AvgIpc) is 2.69. The number of hydrogen-bond acceptors (Lipinski definition) is 2. The van der Waals surface area contributed by atoms with E-state index in [1.54, 1.807) is 22.9 Å². The van der Waals surface area contributed by atoms with Crippen LogP contribution in [0.1, 0.15) is 16.2 Å². The molecule has 0 fully saturated rings. The zero-order valence-corrected chi connectivity index (χ0v) is 9.82. The SMILES string of the molecule is O=Cc1nccn1Cc1ccc(Br)cc1F. The fourth-order valence-electron chi connectivity index (χ4n) is 1.41. The molecule has 0 aliphatic carbocycles. The van der Waals surface area contributed by atoms with Gasteiger partial charge in [0.25, 0.3) is 0 Å². The van der Waals surface area contributed by atoms with E-state index in [1.807, 2.05) is 0 Å². The lowest BCUT2D eigenvalue weighted by Gasteiger charge is -2.06. The van der Waals surface area contributed by atoms with Crippen molar-refractivity contribution in [1.82, 2.24) is 9.55 Å². The lowest BCUT2D eigenvalue weighted by Crippen LogP contribution is -2.05. The second-order valence-electron chi connectivity index (χ2n) is 3.27. The van der Waals surface area contributed by atoms with Crippen LogP contribution >= 0.6 is 15.9 Å². The van der Waals surface area contributed by atoms with E-state index in [-0.39, 0.29) is 5.82 Å². The summed E-state index contributed by atoms with van der Waals surface area (Å²) >= 11 is 3.19. The first-order valence-corrected chi connectivity index (χ1v) is 5.40. The minimum Gasteiger partial charge on any atom is -0.324 e. The maximum absolute atomic E-state index is 13.5. The topological polar surface area (TPSA) is 34.9 Å². The molecule has 0 saturated carbocycles. The molecule has 0 aliphatic heterocycles. The number of rotatable bonds is 3. The molecule has 2 aromatic rings. The standard InChI is InChI=1S/C11H8BrFN2O/c12-9-2-1-8(10(13)5-9)6-15-4-3-14-11(15)7-16/h1-5,7H,6H2. The van der Waals surface area contributed by atoms with Gasteiger partial charge in [0.05, 0.1) is 6.54 Å². The molecule has 16 heavy (non-hydrogen) atoms. The van der Waals surface area contributed by atoms with E-state index in [2.05, 4.69) is 20.9 Å². The van der Waals surface area contributed by atoms with Crippen LogP contribution in [-0.4, -0.2) is 15.8 Å². The molecule has 1 aromatic carbocycles. The Kier molecular flexibility index (Phi) is 3.14. The van der Waals surface area contributed by atoms with Gasteiger partial charge < -0.3 is 4.57 Å². The first-order valence-electron chi connectivity index (χ1n) is 4.61. The van der Waals surface area contributed by atoms with Crippen molar-refractivity contribution in [2.24, 2.45) is 0 Å². The van der Waals surface area contributed by atoms with Gasteiger partial charge in [0, 0.05) is 22.4 Å². The summed E-state index contributed by atoms with van der Waals surface area (Å²) in [5.74, 6) is -0.0118. The van der Waals surface area contributed by atoms with Gasteiger partial charge in [-0.1, -0.05) is 22.0 Å². The molecule has 2 rings (SSSR count). The lowest BCUT2D eigenvalue weighted by molar-refractivity contribution is 0.111. The molecule has 0 amide bonds. The van der Waals surface area contributed by atoms with Gasteiger partial charge in [-0.25, -0.2) is 9.37 Å². The van der Waals surface area contributed by atoms with E-state index >= 15 is 0 Å². The Morgan fingerprint density at radius 2 is 2.31 bits per heavy atom. The molecule has 0 radical (unpaired) electrons. The molecule has 0 unspecified atom stereocenters. The maximum Gasteiger partial charge on any atom is 0.185 e. The minimum atomic E-state index is -0.306. The highest BCUT2D eigenvalue weighted by Gasteiger charge is 2.06. The highest BCUT2D eigenvalue weighted by atomic mass is 79.9. The van der Waals surface area contributed by atoms with Gasteiger partial charge in [0.2, 0.25) is 0 Å². The third-order valence-corrected chi connectivity index (χ3v) is 2.70. The number of hydrogen-bond donors (Lipinski definition) is 0. The van der Waals surface area contributed by atoms with Crippen molar-refractivity contribution < 1.29 is 9.18 Å². The number of imidazole rings is 1. The van der Waals surface area contributed by atoms with Crippen LogP contribution in [0.2, 0.25) is 0 Å². The van der Waals surface area contributed by atoms with Crippen LogP contribution in [-0.2, 0) is 6.54 Å². The Labute approximate surface area is 100 Å². The van der Waals surface area contributed by atoms with Crippen LogP contribution in [0.5, 0.6) is 0 Å². The summed E-state index contributed by atoms with van der Waals surface area (Å²) in [5, 5.41) is 0. The average molecular weight is 283 g/mol. The van der Waals surface area contributed by atoms with Gasteiger partial charge in [-0.05, 0) is 12.1 Å². The van der Waals surface area contributed by atoms with Gasteiger partial charge in [0.15, 0.2) is 12.1 Å². The predicted octanol–water partition coefficient (Wildman–Crippen LogP) is 2.65. The van der Waals surface area contributed by atoms with Crippen LogP contribution in [0.25, 0.3) is 0 Å². The third kappa shape index (κ3) is 2.19. The van der Waals surface area contributed by atoms with E-state index < -0.39 is 0 Å². The number of aldehydes is 1. The number of nitrogens with zero attached hydrogens (tertiary/aromatic N) is 2. The molecule has 0 bridgehead atoms. The summed E-state index contributed by atoms with van der Waals surface area (Å²) in [6.45, 7) is 0.299.